The molecule has 6 nitrogen and oxygen atoms in total. The van der Waals surface area contributed by atoms with Crippen molar-refractivity contribution in [3.05, 3.63) is 35.9 Å². The number of carbonyl (C=O) groups is 1. The summed E-state index contributed by atoms with van der Waals surface area (Å²) >= 11 is 0. The number of hydrogen-bond donors (Lipinski definition) is 1. The van der Waals surface area contributed by atoms with Crippen LogP contribution < -0.4 is 5.48 Å². The molecule has 1 amide bonds. The minimum absolute atomic E-state index is 0.101. The van der Waals surface area contributed by atoms with E-state index in [0.717, 1.165) is 5.56 Å². The van der Waals surface area contributed by atoms with Crippen LogP contribution in [0.25, 0.3) is 0 Å². The van der Waals surface area contributed by atoms with Crippen LogP contribution in [0.2, 0.25) is 0 Å². The lowest BCUT2D eigenvalue weighted by atomic mass is 9.98. The van der Waals surface area contributed by atoms with Crippen molar-refractivity contribution in [2.75, 3.05) is 18.8 Å². The van der Waals surface area contributed by atoms with Crippen LogP contribution in [0.4, 0.5) is 0 Å². The lowest BCUT2D eigenvalue weighted by molar-refractivity contribution is -0.140. The van der Waals surface area contributed by atoms with E-state index in [0.29, 0.717) is 32.5 Å². The van der Waals surface area contributed by atoms with Crippen molar-refractivity contribution in [2.24, 2.45) is 5.92 Å². The van der Waals surface area contributed by atoms with Crippen molar-refractivity contribution >= 4 is 15.9 Å². The summed E-state index contributed by atoms with van der Waals surface area (Å²) in [6, 6.07) is 9.57. The summed E-state index contributed by atoms with van der Waals surface area (Å²) in [7, 11) is -3.15. The fourth-order valence-corrected chi connectivity index (χ4v) is 3.56. The van der Waals surface area contributed by atoms with Crippen LogP contribution in [0, 0.1) is 5.92 Å². The minimum atomic E-state index is -3.15. The van der Waals surface area contributed by atoms with E-state index in [1.165, 1.54) is 4.31 Å². The molecule has 0 bridgehead atoms. The number of carbonyl (C=O) groups excluding carboxylic acids is 1. The third-order valence-electron chi connectivity index (χ3n) is 3.84. The maximum atomic E-state index is 12.0. The van der Waals surface area contributed by atoms with Gasteiger partial charge < -0.3 is 0 Å². The third kappa shape index (κ3) is 4.53. The van der Waals surface area contributed by atoms with Gasteiger partial charge in [0.15, 0.2) is 0 Å². The number of rotatable bonds is 6. The van der Waals surface area contributed by atoms with Crippen molar-refractivity contribution in [3.8, 4) is 0 Å². The van der Waals surface area contributed by atoms with E-state index in [4.69, 9.17) is 4.84 Å². The van der Waals surface area contributed by atoms with E-state index >= 15 is 0 Å². The first kappa shape index (κ1) is 16.9. The predicted molar refractivity (Wildman–Crippen MR) is 83.1 cm³/mol. The molecular formula is C15H22N2O4S. The molecule has 0 spiro atoms. The van der Waals surface area contributed by atoms with Crippen LogP contribution in [0.3, 0.4) is 0 Å². The maximum Gasteiger partial charge on any atom is 0.246 e. The van der Waals surface area contributed by atoms with Crippen LogP contribution in [-0.2, 0) is 26.3 Å². The van der Waals surface area contributed by atoms with Gasteiger partial charge in [0, 0.05) is 19.0 Å². The first-order valence-corrected chi connectivity index (χ1v) is 9.07. The minimum Gasteiger partial charge on any atom is -0.272 e. The fraction of sp³-hybridized carbons (Fsp3) is 0.533. The lowest BCUT2D eigenvalue weighted by Gasteiger charge is -2.30. The summed E-state index contributed by atoms with van der Waals surface area (Å²) in [4.78, 5) is 17.2. The molecule has 0 atom stereocenters. The van der Waals surface area contributed by atoms with Crippen molar-refractivity contribution < 1.29 is 18.0 Å². The van der Waals surface area contributed by atoms with Gasteiger partial charge in [0.25, 0.3) is 0 Å². The molecule has 0 unspecified atom stereocenters. The first-order chi connectivity index (χ1) is 10.5. The van der Waals surface area contributed by atoms with Crippen molar-refractivity contribution in [2.45, 2.75) is 26.4 Å². The highest BCUT2D eigenvalue weighted by Gasteiger charge is 2.30. The summed E-state index contributed by atoms with van der Waals surface area (Å²) in [6.45, 7) is 2.74. The van der Waals surface area contributed by atoms with Gasteiger partial charge in [0.05, 0.1) is 12.4 Å². The molecule has 1 fully saturated rings. The number of hydrogen-bond acceptors (Lipinski definition) is 4. The van der Waals surface area contributed by atoms with E-state index in [2.05, 4.69) is 5.48 Å². The van der Waals surface area contributed by atoms with Gasteiger partial charge in [-0.2, -0.15) is 0 Å². The highest BCUT2D eigenvalue weighted by atomic mass is 32.2. The topological polar surface area (TPSA) is 75.7 Å². The monoisotopic (exact) mass is 326 g/mol. The zero-order valence-electron chi connectivity index (χ0n) is 12.7. The molecule has 122 valence electrons. The van der Waals surface area contributed by atoms with Crippen molar-refractivity contribution in [1.82, 2.24) is 9.79 Å². The van der Waals surface area contributed by atoms with E-state index in [1.54, 1.807) is 6.92 Å². The number of nitrogens with one attached hydrogen (secondary N) is 1. The zero-order valence-corrected chi connectivity index (χ0v) is 13.5. The Bertz CT molecular complexity index is 581. The third-order valence-corrected chi connectivity index (χ3v) is 5.72. The second kappa shape index (κ2) is 7.71. The van der Waals surface area contributed by atoms with Gasteiger partial charge >= 0.3 is 0 Å². The first-order valence-electron chi connectivity index (χ1n) is 7.46. The van der Waals surface area contributed by atoms with E-state index in [9.17, 15) is 13.2 Å². The second-order valence-electron chi connectivity index (χ2n) is 5.31. The predicted octanol–water partition coefficient (Wildman–Crippen LogP) is 1.30. The van der Waals surface area contributed by atoms with Gasteiger partial charge in [-0.3, -0.25) is 9.63 Å². The number of nitrogens with zero attached hydrogens (tertiary/aromatic N) is 1. The fourth-order valence-electron chi connectivity index (χ4n) is 2.43. The largest absolute Gasteiger partial charge is 0.272 e. The van der Waals surface area contributed by atoms with Gasteiger partial charge in [-0.1, -0.05) is 30.3 Å². The Hall–Kier alpha value is -1.44. The maximum absolute atomic E-state index is 12.0. The Kier molecular flexibility index (Phi) is 5.93. The lowest BCUT2D eigenvalue weighted by Crippen LogP contribution is -2.43. The Morgan fingerprint density at radius 2 is 1.91 bits per heavy atom. The molecule has 22 heavy (non-hydrogen) atoms. The SMILES string of the molecule is CCS(=O)(=O)N1CCC(C(=O)NOCc2ccccc2)CC1. The summed E-state index contributed by atoms with van der Waals surface area (Å²) < 4.78 is 25.0. The standard InChI is InChI=1S/C15H22N2O4S/c1-2-22(19,20)17-10-8-14(9-11-17)15(18)16-21-12-13-6-4-3-5-7-13/h3-7,14H,2,8-12H2,1H3,(H,16,18). The van der Waals surface area contributed by atoms with Crippen LogP contribution in [0.1, 0.15) is 25.3 Å². The van der Waals surface area contributed by atoms with Crippen molar-refractivity contribution in [1.29, 1.82) is 0 Å². The molecule has 1 aliphatic rings. The van der Waals surface area contributed by atoms with Crippen LogP contribution in [0.5, 0.6) is 0 Å². The number of amides is 1. The normalized spacial score (nSPS) is 17.3. The van der Waals surface area contributed by atoms with Crippen LogP contribution in [-0.4, -0.2) is 37.5 Å². The Morgan fingerprint density at radius 3 is 2.50 bits per heavy atom. The Morgan fingerprint density at radius 1 is 1.27 bits per heavy atom. The number of sulfonamides is 1. The molecular weight excluding hydrogens is 304 g/mol. The van der Waals surface area contributed by atoms with E-state index in [-0.39, 0.29) is 17.6 Å². The van der Waals surface area contributed by atoms with Gasteiger partial charge in [0.1, 0.15) is 0 Å². The number of benzene rings is 1. The van der Waals surface area contributed by atoms with Gasteiger partial charge in [-0.15, -0.1) is 0 Å². The summed E-state index contributed by atoms with van der Waals surface area (Å²) in [5, 5.41) is 0. The quantitative estimate of drug-likeness (QED) is 0.800. The average Bonchev–Trinajstić information content (AvgIpc) is 2.56. The molecule has 1 heterocycles. The molecule has 1 saturated heterocycles. The number of piperidine rings is 1. The molecule has 2 rings (SSSR count). The van der Waals surface area contributed by atoms with Gasteiger partial charge in [0.2, 0.25) is 15.9 Å². The van der Waals surface area contributed by atoms with Gasteiger partial charge in [-0.05, 0) is 25.3 Å². The van der Waals surface area contributed by atoms with Crippen LogP contribution >= 0.6 is 0 Å². The molecule has 0 aliphatic carbocycles. The molecule has 1 N–H and O–H groups in total. The highest BCUT2D eigenvalue weighted by molar-refractivity contribution is 7.89. The smallest absolute Gasteiger partial charge is 0.246 e. The number of hydroxylamine groups is 1. The summed E-state index contributed by atoms with van der Waals surface area (Å²) in [5.74, 6) is -0.270. The summed E-state index contributed by atoms with van der Waals surface area (Å²) in [6.07, 6.45) is 1.06. The molecule has 1 aliphatic heterocycles. The molecule has 0 saturated carbocycles. The average molecular weight is 326 g/mol. The molecule has 1 aromatic rings. The van der Waals surface area contributed by atoms with E-state index < -0.39 is 10.0 Å². The van der Waals surface area contributed by atoms with Crippen molar-refractivity contribution in [3.63, 3.8) is 0 Å². The molecule has 1 aromatic carbocycles. The van der Waals surface area contributed by atoms with Gasteiger partial charge in [-0.25, -0.2) is 18.2 Å². The molecule has 0 radical (unpaired) electrons. The Labute approximate surface area is 131 Å². The highest BCUT2D eigenvalue weighted by Crippen LogP contribution is 2.20. The Balaban J connectivity index is 1.73. The summed E-state index contributed by atoms with van der Waals surface area (Å²) in [5.41, 5.74) is 3.44. The van der Waals surface area contributed by atoms with Crippen LogP contribution in [0.15, 0.2) is 30.3 Å². The zero-order chi connectivity index (χ0) is 16.0. The van der Waals surface area contributed by atoms with E-state index in [1.807, 2.05) is 30.3 Å². The molecule has 7 heteroatoms. The second-order valence-corrected chi connectivity index (χ2v) is 7.57. The molecule has 0 aromatic heterocycles.